The van der Waals surface area contributed by atoms with Crippen LogP contribution >= 0.6 is 0 Å². The third-order valence-electron chi connectivity index (χ3n) is 8.48. The minimum absolute atomic E-state index is 0. The van der Waals surface area contributed by atoms with Crippen molar-refractivity contribution in [3.05, 3.63) is 106 Å². The molecule has 4 aromatic rings. The summed E-state index contributed by atoms with van der Waals surface area (Å²) in [4.78, 5) is 0. The van der Waals surface area contributed by atoms with Crippen LogP contribution in [0.2, 0.25) is 0 Å². The molecule has 3 heteroatoms. The molecule has 2 spiro atoms. The SMILES string of the molecule is C1=C2CC[C]34[Zr+2][C]2(CCC3=Cc2cc3ccccc3cc24)c2cc3ccccc3cc21.[Cl-].[Cl-]. The standard InChI is InChI=1S/C30H22.2ClH.Zr/c1-3-7-21-17-29-25(13-19(21)5-1)15-23-9-12-28-24(10-11-27(23)29)16-26-14-20-6-2-4-8-22(20)18-30(26)28;;;/h1-8,13-18H,9-12H2;2*1H;/q;;;+2/p-2. The molecule has 2 fully saturated rings. The molecule has 2 atom stereocenters. The van der Waals surface area contributed by atoms with E-state index in [4.69, 9.17) is 0 Å². The van der Waals surface area contributed by atoms with Crippen LogP contribution in [0, 0.1) is 0 Å². The van der Waals surface area contributed by atoms with Gasteiger partial charge >= 0.3 is 195 Å². The van der Waals surface area contributed by atoms with Crippen molar-refractivity contribution in [1.82, 2.24) is 0 Å². The van der Waals surface area contributed by atoms with Crippen molar-refractivity contribution in [3.8, 4) is 0 Å². The van der Waals surface area contributed by atoms with Gasteiger partial charge in [0.25, 0.3) is 0 Å². The number of allylic oxidation sites excluding steroid dienone is 2. The van der Waals surface area contributed by atoms with E-state index in [2.05, 4.69) is 84.9 Å². The second-order valence-corrected chi connectivity index (χ2v) is 14.7. The Bertz CT molecular complexity index is 1420. The third-order valence-corrected chi connectivity index (χ3v) is 14.7. The predicted octanol–water partition coefficient (Wildman–Crippen LogP) is 1.56. The van der Waals surface area contributed by atoms with Crippen LogP contribution in [0.1, 0.15) is 47.9 Å². The van der Waals surface area contributed by atoms with Crippen LogP contribution in [-0.4, -0.2) is 0 Å². The Morgan fingerprint density at radius 3 is 1.36 bits per heavy atom. The van der Waals surface area contributed by atoms with Gasteiger partial charge in [-0.25, -0.2) is 0 Å². The molecule has 0 saturated carbocycles. The van der Waals surface area contributed by atoms with Crippen molar-refractivity contribution < 1.29 is 48.0 Å². The van der Waals surface area contributed by atoms with Crippen molar-refractivity contribution in [2.24, 2.45) is 0 Å². The van der Waals surface area contributed by atoms with Gasteiger partial charge in [0.15, 0.2) is 0 Å². The second kappa shape index (κ2) is 7.42. The Labute approximate surface area is 218 Å². The summed E-state index contributed by atoms with van der Waals surface area (Å²) < 4.78 is 0.817. The van der Waals surface area contributed by atoms with Crippen LogP contribution in [0.5, 0.6) is 0 Å². The van der Waals surface area contributed by atoms with Crippen molar-refractivity contribution in [2.45, 2.75) is 31.9 Å². The largest absolute Gasteiger partial charge is 1.00 e. The first kappa shape index (κ1) is 21.8. The molecule has 33 heavy (non-hydrogen) atoms. The molecule has 4 aliphatic rings. The number of benzene rings is 4. The summed E-state index contributed by atoms with van der Waals surface area (Å²) in [5, 5.41) is 5.62. The Balaban J connectivity index is 0.00000103. The van der Waals surface area contributed by atoms with Crippen LogP contribution < -0.4 is 24.8 Å². The summed E-state index contributed by atoms with van der Waals surface area (Å²) >= 11 is -0.816. The normalized spacial score (nSPS) is 25.2. The van der Waals surface area contributed by atoms with Crippen LogP contribution in [-0.2, 0) is 29.5 Å². The van der Waals surface area contributed by atoms with Gasteiger partial charge in [-0.3, -0.25) is 0 Å². The van der Waals surface area contributed by atoms with Crippen molar-refractivity contribution in [1.29, 1.82) is 0 Å². The van der Waals surface area contributed by atoms with Gasteiger partial charge in [0.05, 0.1) is 0 Å². The van der Waals surface area contributed by atoms with E-state index in [1.807, 2.05) is 0 Å². The van der Waals surface area contributed by atoms with E-state index in [0.717, 1.165) is 0 Å². The number of halogens is 2. The summed E-state index contributed by atoms with van der Waals surface area (Å²) in [7, 11) is 0. The summed E-state index contributed by atoms with van der Waals surface area (Å²) in [5.41, 5.74) is 9.97. The fourth-order valence-corrected chi connectivity index (χ4v) is 13.6. The van der Waals surface area contributed by atoms with Gasteiger partial charge in [-0.05, 0) is 0 Å². The quantitative estimate of drug-likeness (QED) is 0.315. The first-order chi connectivity index (χ1) is 15.3. The summed E-state index contributed by atoms with van der Waals surface area (Å²) in [5.74, 6) is 0. The molecule has 2 bridgehead atoms. The number of hydrogen-bond acceptors (Lipinski definition) is 0. The van der Waals surface area contributed by atoms with Gasteiger partial charge < -0.3 is 24.8 Å². The molecule has 2 aliphatic carbocycles. The zero-order valence-electron chi connectivity index (χ0n) is 18.2. The minimum atomic E-state index is -0.816. The summed E-state index contributed by atoms with van der Waals surface area (Å²) in [6.45, 7) is 0. The monoisotopic (exact) mass is 542 g/mol. The molecule has 8 rings (SSSR count). The van der Waals surface area contributed by atoms with Gasteiger partial charge in [-0.1, -0.05) is 0 Å². The Morgan fingerprint density at radius 2 is 0.939 bits per heavy atom. The molecule has 0 aromatic heterocycles. The van der Waals surface area contributed by atoms with Crippen LogP contribution in [0.4, 0.5) is 0 Å². The van der Waals surface area contributed by atoms with Gasteiger partial charge in [-0.15, -0.1) is 0 Å². The van der Waals surface area contributed by atoms with E-state index in [1.54, 1.807) is 22.3 Å². The molecule has 0 radical (unpaired) electrons. The number of rotatable bonds is 0. The molecule has 0 amide bonds. The average Bonchev–Trinajstić information content (AvgIpc) is 3.27. The van der Waals surface area contributed by atoms with E-state index in [0.29, 0.717) is 6.25 Å². The minimum Gasteiger partial charge on any atom is -1.00 e. The Morgan fingerprint density at radius 1 is 0.545 bits per heavy atom. The molecule has 2 aliphatic heterocycles. The molecule has 160 valence electrons. The topological polar surface area (TPSA) is 0 Å². The average molecular weight is 545 g/mol. The number of hydrogen-bond donors (Lipinski definition) is 0. The smallest absolute Gasteiger partial charge is 1.00 e. The molecule has 0 nitrogen and oxygen atoms in total. The van der Waals surface area contributed by atoms with Gasteiger partial charge in [0.1, 0.15) is 0 Å². The van der Waals surface area contributed by atoms with Gasteiger partial charge in [-0.2, -0.15) is 0 Å². The fraction of sp³-hybridized carbons (Fsp3) is 0.200. The predicted molar refractivity (Wildman–Crippen MR) is 126 cm³/mol. The van der Waals surface area contributed by atoms with Crippen molar-refractivity contribution in [2.75, 3.05) is 0 Å². The third kappa shape index (κ3) is 2.74. The maximum absolute atomic E-state index is 2.60. The van der Waals surface area contributed by atoms with Crippen molar-refractivity contribution >= 4 is 33.7 Å². The zero-order valence-corrected chi connectivity index (χ0v) is 22.1. The molecule has 2 unspecified atom stereocenters. The van der Waals surface area contributed by atoms with E-state index >= 15 is 0 Å². The maximum Gasteiger partial charge on any atom is -1.00 e. The molecular formula is C30H22Cl2Zr. The Kier molecular flexibility index (Phi) is 4.91. The van der Waals surface area contributed by atoms with Gasteiger partial charge in [0, 0.05) is 0 Å². The van der Waals surface area contributed by atoms with Gasteiger partial charge in [0.2, 0.25) is 0 Å². The van der Waals surface area contributed by atoms with E-state index in [-0.39, 0.29) is 24.8 Å². The van der Waals surface area contributed by atoms with Crippen LogP contribution in [0.3, 0.4) is 0 Å². The summed E-state index contributed by atoms with van der Waals surface area (Å²) in [6.07, 6.45) is 10.4. The molecule has 4 aromatic carbocycles. The van der Waals surface area contributed by atoms with E-state index < -0.39 is 23.2 Å². The molecule has 2 saturated heterocycles. The molecular weight excluding hydrogens is 522 g/mol. The van der Waals surface area contributed by atoms with Crippen LogP contribution in [0.25, 0.3) is 33.7 Å². The van der Waals surface area contributed by atoms with Crippen molar-refractivity contribution in [3.63, 3.8) is 0 Å². The Hall–Kier alpha value is -1.66. The first-order valence-corrected chi connectivity index (χ1v) is 14.0. The fourth-order valence-electron chi connectivity index (χ4n) is 7.05. The zero-order chi connectivity index (χ0) is 20.2. The molecule has 2 heterocycles. The van der Waals surface area contributed by atoms with E-state index in [1.165, 1.54) is 58.4 Å². The summed E-state index contributed by atoms with van der Waals surface area (Å²) in [6, 6.07) is 28.0. The second-order valence-electron chi connectivity index (χ2n) is 9.85. The molecule has 0 N–H and O–H groups in total. The number of fused-ring (bicyclic) bond motifs is 4. The first-order valence-electron chi connectivity index (χ1n) is 11.5. The van der Waals surface area contributed by atoms with E-state index in [9.17, 15) is 0 Å². The maximum atomic E-state index is 2.60. The van der Waals surface area contributed by atoms with Crippen LogP contribution in [0.15, 0.2) is 83.9 Å².